The molecule has 21 heavy (non-hydrogen) atoms. The number of alkyl halides is 1. The molecule has 1 atom stereocenters. The Bertz CT molecular complexity index is 696. The van der Waals surface area contributed by atoms with Crippen molar-refractivity contribution in [1.29, 1.82) is 0 Å². The van der Waals surface area contributed by atoms with Crippen LogP contribution in [0.25, 0.3) is 0 Å². The Hall–Kier alpha value is -2.13. The lowest BCUT2D eigenvalue weighted by atomic mass is 10.0. The molecule has 1 aliphatic carbocycles. The largest absolute Gasteiger partial charge is 0.459 e. The van der Waals surface area contributed by atoms with Crippen LogP contribution in [0.2, 0.25) is 0 Å². The van der Waals surface area contributed by atoms with Gasteiger partial charge in [0.25, 0.3) is 0 Å². The normalized spacial score (nSPS) is 20.1. The highest BCUT2D eigenvalue weighted by Gasteiger charge is 2.51. The van der Waals surface area contributed by atoms with Crippen LogP contribution in [0, 0.1) is 0 Å². The number of carbonyl (C=O) groups is 2. The zero-order valence-electron chi connectivity index (χ0n) is 11.2. The third-order valence-electron chi connectivity index (χ3n) is 3.59. The van der Waals surface area contributed by atoms with Crippen molar-refractivity contribution in [2.45, 2.75) is 17.9 Å². The van der Waals surface area contributed by atoms with Crippen molar-refractivity contribution in [2.75, 3.05) is 0 Å². The zero-order chi connectivity index (χ0) is 14.9. The van der Waals surface area contributed by atoms with Crippen molar-refractivity contribution in [3.05, 3.63) is 71.3 Å². The van der Waals surface area contributed by atoms with E-state index in [9.17, 15) is 9.59 Å². The number of Topliss-reactive ketones (excluding diaryl/α,β-unsaturated/α-hetero) is 1. The van der Waals surface area contributed by atoms with E-state index in [0.29, 0.717) is 5.56 Å². The van der Waals surface area contributed by atoms with Gasteiger partial charge in [-0.1, -0.05) is 66.2 Å². The smallest absolute Gasteiger partial charge is 0.336 e. The van der Waals surface area contributed by atoms with E-state index in [0.717, 1.165) is 11.1 Å². The SMILES string of the molecule is O=C(OCc1ccccc1)[C@]1(Cl)Cc2ccccc2C1=O. The number of carbonyl (C=O) groups excluding carboxylic acids is 2. The van der Waals surface area contributed by atoms with E-state index in [1.807, 2.05) is 42.5 Å². The van der Waals surface area contributed by atoms with Crippen LogP contribution in [-0.2, 0) is 22.6 Å². The molecule has 0 fully saturated rings. The van der Waals surface area contributed by atoms with E-state index in [4.69, 9.17) is 16.3 Å². The number of benzene rings is 2. The average Bonchev–Trinajstić information content (AvgIpc) is 2.79. The molecule has 1 aliphatic rings. The number of hydrogen-bond donors (Lipinski definition) is 0. The van der Waals surface area contributed by atoms with Crippen molar-refractivity contribution in [3.63, 3.8) is 0 Å². The topological polar surface area (TPSA) is 43.4 Å². The number of hydrogen-bond acceptors (Lipinski definition) is 3. The summed E-state index contributed by atoms with van der Waals surface area (Å²) in [6, 6.07) is 16.4. The highest BCUT2D eigenvalue weighted by atomic mass is 35.5. The Morgan fingerprint density at radius 2 is 1.76 bits per heavy atom. The molecular weight excluding hydrogens is 288 g/mol. The number of rotatable bonds is 3. The average molecular weight is 301 g/mol. The second-order valence-corrected chi connectivity index (χ2v) is 5.67. The monoisotopic (exact) mass is 300 g/mol. The molecule has 0 saturated heterocycles. The minimum Gasteiger partial charge on any atom is -0.459 e. The van der Waals surface area contributed by atoms with Gasteiger partial charge in [-0.05, 0) is 11.1 Å². The number of halogens is 1. The van der Waals surface area contributed by atoms with Gasteiger partial charge in [-0.3, -0.25) is 4.79 Å². The van der Waals surface area contributed by atoms with Crippen LogP contribution in [0.15, 0.2) is 54.6 Å². The van der Waals surface area contributed by atoms with Gasteiger partial charge in [0.2, 0.25) is 4.87 Å². The molecule has 0 bridgehead atoms. The maximum Gasteiger partial charge on any atom is 0.336 e. The first-order valence-electron chi connectivity index (χ1n) is 6.64. The molecule has 4 heteroatoms. The first-order valence-corrected chi connectivity index (χ1v) is 7.02. The number of fused-ring (bicyclic) bond motifs is 1. The molecular formula is C17H13ClO3. The number of esters is 1. The van der Waals surface area contributed by atoms with Crippen molar-refractivity contribution in [3.8, 4) is 0 Å². The molecule has 0 N–H and O–H groups in total. The van der Waals surface area contributed by atoms with E-state index in [1.165, 1.54) is 0 Å². The lowest BCUT2D eigenvalue weighted by Gasteiger charge is -2.17. The lowest BCUT2D eigenvalue weighted by Crippen LogP contribution is -2.40. The standard InChI is InChI=1S/C17H13ClO3/c18-17(10-13-8-4-5-9-14(13)15(17)19)16(20)21-11-12-6-2-1-3-7-12/h1-9H,10-11H2/t17-/m0/s1. The molecule has 0 radical (unpaired) electrons. The lowest BCUT2D eigenvalue weighted by molar-refractivity contribution is -0.146. The van der Waals surface area contributed by atoms with Crippen LogP contribution in [0.1, 0.15) is 21.5 Å². The molecule has 0 unspecified atom stereocenters. The number of ketones is 1. The summed E-state index contributed by atoms with van der Waals surface area (Å²) in [5.41, 5.74) is 2.15. The first kappa shape index (κ1) is 13.8. The second kappa shape index (κ2) is 5.34. The molecule has 0 saturated carbocycles. The van der Waals surface area contributed by atoms with Crippen molar-refractivity contribution in [1.82, 2.24) is 0 Å². The molecule has 2 aromatic rings. The predicted octanol–water partition coefficient (Wildman–Crippen LogP) is 3.15. The second-order valence-electron chi connectivity index (χ2n) is 5.03. The van der Waals surface area contributed by atoms with Gasteiger partial charge in [0.05, 0.1) is 0 Å². The summed E-state index contributed by atoms with van der Waals surface area (Å²) in [4.78, 5) is 23.0. The van der Waals surface area contributed by atoms with Crippen molar-refractivity contribution in [2.24, 2.45) is 0 Å². The van der Waals surface area contributed by atoms with E-state index < -0.39 is 10.8 Å². The van der Waals surface area contributed by atoms with Crippen LogP contribution < -0.4 is 0 Å². The third-order valence-corrected chi connectivity index (χ3v) is 4.05. The fourth-order valence-corrected chi connectivity index (χ4v) is 2.75. The fourth-order valence-electron chi connectivity index (χ4n) is 2.45. The Kier molecular flexibility index (Phi) is 3.52. The van der Waals surface area contributed by atoms with Crippen LogP contribution in [-0.4, -0.2) is 16.6 Å². The van der Waals surface area contributed by atoms with E-state index in [-0.39, 0.29) is 18.8 Å². The molecule has 106 valence electrons. The summed E-state index contributed by atoms with van der Waals surface area (Å²) in [7, 11) is 0. The van der Waals surface area contributed by atoms with Crippen LogP contribution in [0.4, 0.5) is 0 Å². The summed E-state index contributed by atoms with van der Waals surface area (Å²) in [5.74, 6) is -1.06. The quantitative estimate of drug-likeness (QED) is 0.497. The van der Waals surface area contributed by atoms with Gasteiger partial charge in [0.1, 0.15) is 6.61 Å². The molecule has 0 aliphatic heterocycles. The predicted molar refractivity (Wildman–Crippen MR) is 79.3 cm³/mol. The minimum atomic E-state index is -1.63. The highest BCUT2D eigenvalue weighted by Crippen LogP contribution is 2.36. The zero-order valence-corrected chi connectivity index (χ0v) is 12.0. The third kappa shape index (κ3) is 2.45. The van der Waals surface area contributed by atoms with E-state index in [2.05, 4.69) is 0 Å². The van der Waals surface area contributed by atoms with Gasteiger partial charge in [-0.25, -0.2) is 4.79 Å². The highest BCUT2D eigenvalue weighted by molar-refractivity contribution is 6.49. The first-order chi connectivity index (χ1) is 10.1. The summed E-state index contributed by atoms with van der Waals surface area (Å²) in [5, 5.41) is 0. The van der Waals surface area contributed by atoms with Gasteiger partial charge in [0.15, 0.2) is 5.78 Å². The molecule has 0 aromatic heterocycles. The maximum absolute atomic E-state index is 12.3. The van der Waals surface area contributed by atoms with Crippen LogP contribution in [0.5, 0.6) is 0 Å². The molecule has 0 amide bonds. The van der Waals surface area contributed by atoms with Gasteiger partial charge >= 0.3 is 5.97 Å². The summed E-state index contributed by atoms with van der Waals surface area (Å²) < 4.78 is 5.22. The minimum absolute atomic E-state index is 0.109. The Morgan fingerprint density at radius 1 is 1.10 bits per heavy atom. The van der Waals surface area contributed by atoms with Gasteiger partial charge < -0.3 is 4.74 Å². The molecule has 3 nitrogen and oxygen atoms in total. The molecule has 2 aromatic carbocycles. The summed E-state index contributed by atoms with van der Waals surface area (Å²) in [6.45, 7) is 0.109. The van der Waals surface area contributed by atoms with Gasteiger partial charge in [-0.15, -0.1) is 0 Å². The van der Waals surface area contributed by atoms with Gasteiger partial charge in [0, 0.05) is 12.0 Å². The van der Waals surface area contributed by atoms with E-state index in [1.54, 1.807) is 12.1 Å². The van der Waals surface area contributed by atoms with Crippen LogP contribution >= 0.6 is 11.6 Å². The molecule has 0 spiro atoms. The Labute approximate surface area is 127 Å². The Morgan fingerprint density at radius 3 is 2.48 bits per heavy atom. The number of ether oxygens (including phenoxy) is 1. The van der Waals surface area contributed by atoms with Crippen LogP contribution in [0.3, 0.4) is 0 Å². The molecule has 0 heterocycles. The summed E-state index contributed by atoms with van der Waals surface area (Å²) >= 11 is 6.28. The van der Waals surface area contributed by atoms with Crippen molar-refractivity contribution < 1.29 is 14.3 Å². The fraction of sp³-hybridized carbons (Fsp3) is 0.176. The molecule has 3 rings (SSSR count). The van der Waals surface area contributed by atoms with Crippen molar-refractivity contribution >= 4 is 23.4 Å². The summed E-state index contributed by atoms with van der Waals surface area (Å²) in [6.07, 6.45) is 0.178. The van der Waals surface area contributed by atoms with E-state index >= 15 is 0 Å². The van der Waals surface area contributed by atoms with Gasteiger partial charge in [-0.2, -0.15) is 0 Å². The Balaban J connectivity index is 1.75. The maximum atomic E-state index is 12.3.